The van der Waals surface area contributed by atoms with Crippen LogP contribution in [0, 0.1) is 0 Å². The van der Waals surface area contributed by atoms with E-state index in [0.717, 1.165) is 18.5 Å². The smallest absolute Gasteiger partial charge is 0.242 e. The number of anilines is 2. The van der Waals surface area contributed by atoms with Gasteiger partial charge in [0, 0.05) is 6.54 Å². The number of hydrogen-bond donors (Lipinski definition) is 3. The molecule has 0 bridgehead atoms. The van der Waals surface area contributed by atoms with Gasteiger partial charge in [0.1, 0.15) is 11.8 Å². The molecule has 0 aliphatic heterocycles. The number of nitrogen functional groups attached to an aromatic ring is 1. The third-order valence-electron chi connectivity index (χ3n) is 2.84. The summed E-state index contributed by atoms with van der Waals surface area (Å²) in [5.41, 5.74) is 7.31. The van der Waals surface area contributed by atoms with Gasteiger partial charge in [-0.25, -0.2) is 0 Å². The molecule has 1 aromatic carbocycles. The van der Waals surface area contributed by atoms with Crippen molar-refractivity contribution in [3.8, 4) is 5.75 Å². The van der Waals surface area contributed by atoms with Crippen LogP contribution in [0.3, 0.4) is 0 Å². The van der Waals surface area contributed by atoms with Crippen molar-refractivity contribution in [1.82, 2.24) is 5.32 Å². The van der Waals surface area contributed by atoms with Crippen molar-refractivity contribution in [2.24, 2.45) is 0 Å². The van der Waals surface area contributed by atoms with Crippen LogP contribution in [0.1, 0.15) is 33.6 Å². The minimum atomic E-state index is -0.342. The van der Waals surface area contributed by atoms with Gasteiger partial charge in [0.15, 0.2) is 0 Å². The van der Waals surface area contributed by atoms with Gasteiger partial charge in [-0.15, -0.1) is 0 Å². The second-order valence-corrected chi connectivity index (χ2v) is 4.72. The van der Waals surface area contributed by atoms with Gasteiger partial charge in [0.2, 0.25) is 5.91 Å². The SMILES string of the molecule is CCCNC(=O)C(C)Nc1cccc(OCCC)c1N. The summed E-state index contributed by atoms with van der Waals surface area (Å²) in [6, 6.07) is 5.20. The summed E-state index contributed by atoms with van der Waals surface area (Å²) >= 11 is 0. The fourth-order valence-electron chi connectivity index (χ4n) is 1.71. The lowest BCUT2D eigenvalue weighted by Crippen LogP contribution is -2.38. The molecule has 5 heteroatoms. The molecule has 0 saturated heterocycles. The largest absolute Gasteiger partial charge is 0.491 e. The highest BCUT2D eigenvalue weighted by atomic mass is 16.5. The molecule has 1 unspecified atom stereocenters. The average Bonchev–Trinajstić information content (AvgIpc) is 2.45. The maximum Gasteiger partial charge on any atom is 0.242 e. The van der Waals surface area contributed by atoms with Crippen LogP contribution in [0.4, 0.5) is 11.4 Å². The molecule has 0 saturated carbocycles. The Bertz CT molecular complexity index is 435. The molecule has 112 valence electrons. The van der Waals surface area contributed by atoms with E-state index in [4.69, 9.17) is 10.5 Å². The van der Waals surface area contributed by atoms with Crippen LogP contribution in [0.25, 0.3) is 0 Å². The number of nitrogens with one attached hydrogen (secondary N) is 2. The van der Waals surface area contributed by atoms with Crippen LogP contribution in [0.15, 0.2) is 18.2 Å². The number of carbonyl (C=O) groups is 1. The van der Waals surface area contributed by atoms with Crippen molar-refractivity contribution in [2.45, 2.75) is 39.7 Å². The molecular formula is C15H25N3O2. The molecule has 1 atom stereocenters. The van der Waals surface area contributed by atoms with Crippen LogP contribution < -0.4 is 21.1 Å². The third kappa shape index (κ3) is 4.64. The topological polar surface area (TPSA) is 76.4 Å². The zero-order valence-electron chi connectivity index (χ0n) is 12.5. The van der Waals surface area contributed by atoms with Crippen molar-refractivity contribution in [3.05, 3.63) is 18.2 Å². The van der Waals surface area contributed by atoms with Gasteiger partial charge in [0.05, 0.1) is 18.0 Å². The minimum Gasteiger partial charge on any atom is -0.491 e. The Morgan fingerprint density at radius 3 is 2.75 bits per heavy atom. The molecule has 0 aliphatic rings. The molecule has 1 rings (SSSR count). The fraction of sp³-hybridized carbons (Fsp3) is 0.533. The summed E-state index contributed by atoms with van der Waals surface area (Å²) in [5, 5.41) is 5.97. The van der Waals surface area contributed by atoms with E-state index >= 15 is 0 Å². The number of ether oxygens (including phenoxy) is 1. The standard InChI is InChI=1S/C15H25N3O2/c1-4-9-17-15(19)11(3)18-12-7-6-8-13(14(12)16)20-10-5-2/h6-8,11,18H,4-5,9-10,16H2,1-3H3,(H,17,19). The normalized spacial score (nSPS) is 11.8. The van der Waals surface area contributed by atoms with Crippen molar-refractivity contribution >= 4 is 17.3 Å². The molecule has 20 heavy (non-hydrogen) atoms. The van der Waals surface area contributed by atoms with E-state index < -0.39 is 0 Å². The lowest BCUT2D eigenvalue weighted by atomic mass is 10.2. The molecular weight excluding hydrogens is 254 g/mol. The Hall–Kier alpha value is -1.91. The van der Waals surface area contributed by atoms with E-state index in [-0.39, 0.29) is 11.9 Å². The number of para-hydroxylation sites is 1. The molecule has 1 aromatic rings. The van der Waals surface area contributed by atoms with E-state index in [1.807, 2.05) is 39.0 Å². The first kappa shape index (κ1) is 16.1. The molecule has 0 spiro atoms. The molecule has 0 aliphatic carbocycles. The average molecular weight is 279 g/mol. The second kappa shape index (κ2) is 8.30. The Balaban J connectivity index is 2.69. The quantitative estimate of drug-likeness (QED) is 0.639. The minimum absolute atomic E-state index is 0.0360. The van der Waals surface area contributed by atoms with Crippen molar-refractivity contribution in [1.29, 1.82) is 0 Å². The Kier molecular flexibility index (Phi) is 6.70. The molecule has 1 amide bonds. The number of nitrogens with two attached hydrogens (primary N) is 1. The molecule has 4 N–H and O–H groups in total. The van der Waals surface area contributed by atoms with Gasteiger partial charge < -0.3 is 21.1 Å². The first-order chi connectivity index (χ1) is 9.60. The number of carbonyl (C=O) groups excluding carboxylic acids is 1. The molecule has 0 radical (unpaired) electrons. The first-order valence-corrected chi connectivity index (χ1v) is 7.15. The summed E-state index contributed by atoms with van der Waals surface area (Å²) in [6.45, 7) is 7.17. The van der Waals surface area contributed by atoms with E-state index in [2.05, 4.69) is 10.6 Å². The van der Waals surface area contributed by atoms with Crippen LogP contribution in [0.5, 0.6) is 5.75 Å². The van der Waals surface area contributed by atoms with E-state index in [9.17, 15) is 4.79 Å². The maximum atomic E-state index is 11.8. The highest BCUT2D eigenvalue weighted by molar-refractivity contribution is 5.86. The monoisotopic (exact) mass is 279 g/mol. The van der Waals surface area contributed by atoms with Crippen molar-refractivity contribution in [2.75, 3.05) is 24.2 Å². The summed E-state index contributed by atoms with van der Waals surface area (Å²) in [7, 11) is 0. The van der Waals surface area contributed by atoms with Crippen LogP contribution in [0.2, 0.25) is 0 Å². The maximum absolute atomic E-state index is 11.8. The molecule has 0 heterocycles. The summed E-state index contributed by atoms with van der Waals surface area (Å²) in [5.74, 6) is 0.615. The Labute approximate surface area is 120 Å². The van der Waals surface area contributed by atoms with Gasteiger partial charge in [-0.2, -0.15) is 0 Å². The van der Waals surface area contributed by atoms with Gasteiger partial charge >= 0.3 is 0 Å². The van der Waals surface area contributed by atoms with Gasteiger partial charge in [-0.3, -0.25) is 4.79 Å². The highest BCUT2D eigenvalue weighted by Gasteiger charge is 2.14. The summed E-state index contributed by atoms with van der Waals surface area (Å²) in [6.07, 6.45) is 1.84. The van der Waals surface area contributed by atoms with E-state index in [1.165, 1.54) is 0 Å². The third-order valence-corrected chi connectivity index (χ3v) is 2.84. The van der Waals surface area contributed by atoms with E-state index in [0.29, 0.717) is 24.6 Å². The zero-order valence-corrected chi connectivity index (χ0v) is 12.5. The molecule has 0 fully saturated rings. The van der Waals surface area contributed by atoms with Crippen LogP contribution in [-0.4, -0.2) is 25.1 Å². The predicted octanol–water partition coefficient (Wildman–Crippen LogP) is 2.38. The van der Waals surface area contributed by atoms with Gasteiger partial charge in [-0.05, 0) is 31.9 Å². The van der Waals surface area contributed by atoms with Gasteiger partial charge in [0.25, 0.3) is 0 Å². The predicted molar refractivity (Wildman–Crippen MR) is 83.0 cm³/mol. The second-order valence-electron chi connectivity index (χ2n) is 4.72. The summed E-state index contributed by atoms with van der Waals surface area (Å²) < 4.78 is 5.57. The number of rotatable bonds is 8. The van der Waals surface area contributed by atoms with Crippen molar-refractivity contribution < 1.29 is 9.53 Å². The van der Waals surface area contributed by atoms with Crippen LogP contribution >= 0.6 is 0 Å². The summed E-state index contributed by atoms with van der Waals surface area (Å²) in [4.78, 5) is 11.8. The number of amides is 1. The number of benzene rings is 1. The number of hydrogen-bond acceptors (Lipinski definition) is 4. The van der Waals surface area contributed by atoms with E-state index in [1.54, 1.807) is 0 Å². The van der Waals surface area contributed by atoms with Crippen molar-refractivity contribution in [3.63, 3.8) is 0 Å². The lowest BCUT2D eigenvalue weighted by Gasteiger charge is -2.18. The fourth-order valence-corrected chi connectivity index (χ4v) is 1.71. The molecule has 0 aromatic heterocycles. The first-order valence-electron chi connectivity index (χ1n) is 7.15. The Morgan fingerprint density at radius 1 is 1.35 bits per heavy atom. The Morgan fingerprint density at radius 2 is 2.10 bits per heavy atom. The zero-order chi connectivity index (χ0) is 15.0. The van der Waals surface area contributed by atoms with Gasteiger partial charge in [-0.1, -0.05) is 19.9 Å². The molecule has 5 nitrogen and oxygen atoms in total. The highest BCUT2D eigenvalue weighted by Crippen LogP contribution is 2.29. The van der Waals surface area contributed by atoms with Crippen LogP contribution in [-0.2, 0) is 4.79 Å². The lowest BCUT2D eigenvalue weighted by molar-refractivity contribution is -0.121.